The topological polar surface area (TPSA) is 38.2 Å². The molecule has 24 heavy (non-hydrogen) atoms. The lowest BCUT2D eigenvalue weighted by Crippen LogP contribution is -2.31. The molecule has 1 aromatic heterocycles. The predicted molar refractivity (Wildman–Crippen MR) is 94.3 cm³/mol. The fraction of sp³-hybridized carbons (Fsp3) is 0.500. The summed E-state index contributed by atoms with van der Waals surface area (Å²) in [6.07, 6.45) is 5.63. The van der Waals surface area contributed by atoms with Crippen LogP contribution < -0.4 is 4.74 Å². The Kier molecular flexibility index (Phi) is 4.01. The highest BCUT2D eigenvalue weighted by Gasteiger charge is 2.28. The van der Waals surface area contributed by atoms with Gasteiger partial charge >= 0.3 is 0 Å². The summed E-state index contributed by atoms with van der Waals surface area (Å²) < 4.78 is 5.42. The number of rotatable bonds is 4. The van der Waals surface area contributed by atoms with Crippen LogP contribution in [-0.2, 0) is 19.5 Å². The average Bonchev–Trinajstić information content (AvgIpc) is 3.44. The lowest BCUT2D eigenvalue weighted by molar-refractivity contribution is 0.242. The van der Waals surface area contributed by atoms with Crippen molar-refractivity contribution in [1.29, 1.82) is 0 Å². The summed E-state index contributed by atoms with van der Waals surface area (Å²) in [7, 11) is 1.74. The van der Waals surface area contributed by atoms with Crippen molar-refractivity contribution in [3.8, 4) is 5.75 Å². The number of ether oxygens (including phenoxy) is 1. The van der Waals surface area contributed by atoms with Gasteiger partial charge in [0.05, 0.1) is 7.11 Å². The quantitative estimate of drug-likeness (QED) is 0.862. The second kappa shape index (κ2) is 6.17. The van der Waals surface area contributed by atoms with Crippen LogP contribution in [0.1, 0.15) is 52.5 Å². The van der Waals surface area contributed by atoms with Crippen molar-refractivity contribution in [3.05, 3.63) is 52.1 Å². The molecule has 4 rings (SSSR count). The minimum atomic E-state index is 0.637. The monoisotopic (exact) mass is 323 g/mol. The Hall–Kier alpha value is -1.94. The number of nitrogens with zero attached hydrogens (tertiary/aromatic N) is 3. The van der Waals surface area contributed by atoms with Crippen LogP contribution >= 0.6 is 0 Å². The minimum absolute atomic E-state index is 0.637. The van der Waals surface area contributed by atoms with Gasteiger partial charge in [0.15, 0.2) is 0 Å². The van der Waals surface area contributed by atoms with Gasteiger partial charge in [0, 0.05) is 49.4 Å². The normalized spacial score (nSPS) is 17.6. The van der Waals surface area contributed by atoms with Gasteiger partial charge in [-0.15, -0.1) is 0 Å². The van der Waals surface area contributed by atoms with Crippen LogP contribution in [0.4, 0.5) is 0 Å². The average molecular weight is 323 g/mol. The first-order valence-corrected chi connectivity index (χ1v) is 8.86. The SMILES string of the molecule is COc1ccc(CN2CCc3nc(C4CC4)ncc3C2)c(C)c1C. The fourth-order valence-electron chi connectivity index (χ4n) is 3.55. The van der Waals surface area contributed by atoms with Crippen LogP contribution in [0.25, 0.3) is 0 Å². The molecule has 4 nitrogen and oxygen atoms in total. The largest absolute Gasteiger partial charge is 0.496 e. The standard InChI is InChI=1S/C20H25N3O/c1-13-14(2)19(24-3)7-6-16(13)11-23-9-8-18-17(12-23)10-21-20(22-18)15-4-5-15/h6-7,10,15H,4-5,8-9,11-12H2,1-3H3. The number of fused-ring (bicyclic) bond motifs is 1. The molecule has 0 unspecified atom stereocenters. The molecule has 0 N–H and O–H groups in total. The smallest absolute Gasteiger partial charge is 0.131 e. The molecule has 1 aromatic carbocycles. The van der Waals surface area contributed by atoms with Crippen LogP contribution in [0.15, 0.2) is 18.3 Å². The second-order valence-electron chi connectivity index (χ2n) is 7.11. The second-order valence-corrected chi connectivity index (χ2v) is 7.11. The Labute approximate surface area is 143 Å². The molecule has 1 aliphatic carbocycles. The maximum atomic E-state index is 5.42. The summed E-state index contributed by atoms with van der Waals surface area (Å²) in [6, 6.07) is 4.28. The van der Waals surface area contributed by atoms with Gasteiger partial charge < -0.3 is 4.74 Å². The number of aromatic nitrogens is 2. The van der Waals surface area contributed by atoms with E-state index in [0.717, 1.165) is 37.6 Å². The molecule has 1 aliphatic heterocycles. The lowest BCUT2D eigenvalue weighted by Gasteiger charge is -2.29. The van der Waals surface area contributed by atoms with E-state index in [-0.39, 0.29) is 0 Å². The molecular formula is C20H25N3O. The van der Waals surface area contributed by atoms with Crippen molar-refractivity contribution >= 4 is 0 Å². The Balaban J connectivity index is 1.50. The molecule has 1 saturated carbocycles. The van der Waals surface area contributed by atoms with Crippen molar-refractivity contribution in [2.75, 3.05) is 13.7 Å². The van der Waals surface area contributed by atoms with Gasteiger partial charge in [-0.3, -0.25) is 4.90 Å². The Bertz CT molecular complexity index is 768. The Morgan fingerprint density at radius 2 is 2.04 bits per heavy atom. The Morgan fingerprint density at radius 3 is 2.79 bits per heavy atom. The van der Waals surface area contributed by atoms with Crippen molar-refractivity contribution in [2.45, 2.75) is 52.1 Å². The van der Waals surface area contributed by atoms with Gasteiger partial charge in [0.1, 0.15) is 11.6 Å². The van der Waals surface area contributed by atoms with Crippen LogP contribution in [0.5, 0.6) is 5.75 Å². The third-order valence-electron chi connectivity index (χ3n) is 5.44. The summed E-state index contributed by atoms with van der Waals surface area (Å²) in [5.74, 6) is 2.68. The van der Waals surface area contributed by atoms with Crippen LogP contribution in [-0.4, -0.2) is 28.5 Å². The molecular weight excluding hydrogens is 298 g/mol. The summed E-state index contributed by atoms with van der Waals surface area (Å²) in [4.78, 5) is 11.9. The third-order valence-corrected chi connectivity index (χ3v) is 5.44. The van der Waals surface area contributed by atoms with E-state index in [2.05, 4.69) is 42.1 Å². The van der Waals surface area contributed by atoms with Crippen molar-refractivity contribution in [3.63, 3.8) is 0 Å². The molecule has 0 saturated heterocycles. The molecule has 1 fully saturated rings. The lowest BCUT2D eigenvalue weighted by atomic mass is 10.0. The molecule has 2 heterocycles. The maximum absolute atomic E-state index is 5.42. The highest BCUT2D eigenvalue weighted by atomic mass is 16.5. The molecule has 126 valence electrons. The third kappa shape index (κ3) is 2.91. The summed E-state index contributed by atoms with van der Waals surface area (Å²) in [6.45, 7) is 7.32. The first-order chi connectivity index (χ1) is 11.7. The molecule has 0 spiro atoms. The minimum Gasteiger partial charge on any atom is -0.496 e. The number of methoxy groups -OCH3 is 1. The molecule has 2 aliphatic rings. The maximum Gasteiger partial charge on any atom is 0.131 e. The van der Waals surface area contributed by atoms with E-state index in [1.54, 1.807) is 7.11 Å². The summed E-state index contributed by atoms with van der Waals surface area (Å²) in [5, 5.41) is 0. The number of hydrogen-bond donors (Lipinski definition) is 0. The van der Waals surface area contributed by atoms with Crippen molar-refractivity contribution in [1.82, 2.24) is 14.9 Å². The highest BCUT2D eigenvalue weighted by Crippen LogP contribution is 2.38. The summed E-state index contributed by atoms with van der Waals surface area (Å²) in [5.41, 5.74) is 6.52. The van der Waals surface area contributed by atoms with Gasteiger partial charge in [-0.05, 0) is 49.4 Å². The van der Waals surface area contributed by atoms with Crippen molar-refractivity contribution in [2.24, 2.45) is 0 Å². The van der Waals surface area contributed by atoms with E-state index in [4.69, 9.17) is 9.72 Å². The molecule has 2 aromatic rings. The van der Waals surface area contributed by atoms with E-state index < -0.39 is 0 Å². The number of benzene rings is 1. The van der Waals surface area contributed by atoms with E-state index in [1.807, 2.05) is 0 Å². The van der Waals surface area contributed by atoms with Crippen molar-refractivity contribution < 1.29 is 4.74 Å². The van der Waals surface area contributed by atoms with Crippen LogP contribution in [0, 0.1) is 13.8 Å². The van der Waals surface area contributed by atoms with Gasteiger partial charge in [0.25, 0.3) is 0 Å². The highest BCUT2D eigenvalue weighted by molar-refractivity contribution is 5.43. The van der Waals surface area contributed by atoms with E-state index in [1.165, 1.54) is 40.8 Å². The first kappa shape index (κ1) is 15.6. The van der Waals surface area contributed by atoms with Gasteiger partial charge in [0.2, 0.25) is 0 Å². The van der Waals surface area contributed by atoms with E-state index in [9.17, 15) is 0 Å². The molecule has 0 radical (unpaired) electrons. The van der Waals surface area contributed by atoms with E-state index in [0.29, 0.717) is 5.92 Å². The van der Waals surface area contributed by atoms with Crippen LogP contribution in [0.3, 0.4) is 0 Å². The Morgan fingerprint density at radius 1 is 1.21 bits per heavy atom. The number of hydrogen-bond acceptors (Lipinski definition) is 4. The zero-order valence-electron chi connectivity index (χ0n) is 14.8. The van der Waals surface area contributed by atoms with Gasteiger partial charge in [-0.25, -0.2) is 9.97 Å². The fourth-order valence-corrected chi connectivity index (χ4v) is 3.55. The predicted octanol–water partition coefficient (Wildman–Crippen LogP) is 3.54. The molecule has 0 bridgehead atoms. The molecule has 0 atom stereocenters. The van der Waals surface area contributed by atoms with Gasteiger partial charge in [-0.1, -0.05) is 6.07 Å². The zero-order chi connectivity index (χ0) is 16.7. The molecule has 0 amide bonds. The van der Waals surface area contributed by atoms with E-state index >= 15 is 0 Å². The molecule has 4 heteroatoms. The first-order valence-electron chi connectivity index (χ1n) is 8.86. The van der Waals surface area contributed by atoms with Gasteiger partial charge in [-0.2, -0.15) is 0 Å². The zero-order valence-corrected chi connectivity index (χ0v) is 14.8. The summed E-state index contributed by atoms with van der Waals surface area (Å²) >= 11 is 0. The van der Waals surface area contributed by atoms with Crippen LogP contribution in [0.2, 0.25) is 0 Å².